The van der Waals surface area contributed by atoms with Crippen molar-refractivity contribution in [2.45, 2.75) is 6.54 Å². The second-order valence-corrected chi connectivity index (χ2v) is 6.07. The van der Waals surface area contributed by atoms with Gasteiger partial charge in [-0.25, -0.2) is 15.0 Å². The van der Waals surface area contributed by atoms with Gasteiger partial charge in [0.25, 0.3) is 5.91 Å². The highest BCUT2D eigenvalue weighted by Gasteiger charge is 2.23. The summed E-state index contributed by atoms with van der Waals surface area (Å²) >= 11 is 6.67. The monoisotopic (exact) mass is 378 g/mol. The number of carbonyl (C=O) groups excluding carboxylic acids is 2. The van der Waals surface area contributed by atoms with E-state index in [4.69, 9.17) is 23.1 Å². The molecule has 25 heavy (non-hydrogen) atoms. The molecule has 0 spiro atoms. The highest BCUT2D eigenvalue weighted by atomic mass is 35.5. The van der Waals surface area contributed by atoms with Gasteiger partial charge in [0.1, 0.15) is 0 Å². The maximum absolute atomic E-state index is 12.8. The van der Waals surface area contributed by atoms with Gasteiger partial charge in [-0.2, -0.15) is 0 Å². The minimum Gasteiger partial charge on any atom is -0.382 e. The molecule has 2 amide bonds. The van der Waals surface area contributed by atoms with Gasteiger partial charge in [-0.1, -0.05) is 41.9 Å². The fourth-order valence-corrected chi connectivity index (χ4v) is 2.60. The van der Waals surface area contributed by atoms with Crippen molar-refractivity contribution in [2.24, 2.45) is 4.99 Å². The SMILES string of the molecule is C=NC(=O)SCN(Cc1ccccc1)C(=O)c1nc(Cl)c(N)nc1N. The third-order valence-electron chi connectivity index (χ3n) is 3.08. The number of carbonyl (C=O) groups is 2. The van der Waals surface area contributed by atoms with Crippen LogP contribution in [0, 0.1) is 0 Å². The second-order valence-electron chi connectivity index (χ2n) is 4.82. The normalized spacial score (nSPS) is 10.3. The number of nitrogens with zero attached hydrogens (tertiary/aromatic N) is 4. The van der Waals surface area contributed by atoms with Crippen molar-refractivity contribution in [1.29, 1.82) is 0 Å². The fraction of sp³-hybridized carbons (Fsp3) is 0.133. The molecule has 2 aromatic rings. The van der Waals surface area contributed by atoms with E-state index in [1.54, 1.807) is 0 Å². The zero-order valence-corrected chi connectivity index (χ0v) is 14.6. The standard InChI is InChI=1S/C15H15ClN6O2S/c1-19-15(24)25-8-22(7-9-5-3-2-4-6-9)14(23)10-12(17)21-13(18)11(16)20-10/h2-6H,1,7-8H2,(H4,17,18,21). The molecule has 1 heterocycles. The van der Waals surface area contributed by atoms with E-state index in [1.165, 1.54) is 4.90 Å². The van der Waals surface area contributed by atoms with Gasteiger partial charge in [-0.15, -0.1) is 0 Å². The van der Waals surface area contributed by atoms with Gasteiger partial charge in [0.2, 0.25) is 0 Å². The molecule has 1 aromatic carbocycles. The molecule has 0 aliphatic carbocycles. The van der Waals surface area contributed by atoms with Crippen LogP contribution in [0.25, 0.3) is 0 Å². The minimum atomic E-state index is -0.528. The number of thioether (sulfide) groups is 1. The van der Waals surface area contributed by atoms with Crippen LogP contribution in [0.2, 0.25) is 5.15 Å². The summed E-state index contributed by atoms with van der Waals surface area (Å²) in [5.74, 6) is -0.691. The van der Waals surface area contributed by atoms with Crippen LogP contribution in [0.15, 0.2) is 35.3 Å². The fourth-order valence-electron chi connectivity index (χ4n) is 1.91. The zero-order valence-electron chi connectivity index (χ0n) is 13.1. The zero-order chi connectivity index (χ0) is 18.4. The topological polar surface area (TPSA) is 128 Å². The maximum atomic E-state index is 12.8. The Balaban J connectivity index is 2.29. The first-order valence-corrected chi connectivity index (χ1v) is 8.34. The Kier molecular flexibility index (Phi) is 6.31. The van der Waals surface area contributed by atoms with Crippen LogP contribution >= 0.6 is 23.4 Å². The molecule has 4 N–H and O–H groups in total. The number of hydrogen-bond acceptors (Lipinski definition) is 7. The van der Waals surface area contributed by atoms with Gasteiger partial charge < -0.3 is 16.4 Å². The summed E-state index contributed by atoms with van der Waals surface area (Å²) in [5, 5.41) is -0.617. The van der Waals surface area contributed by atoms with Gasteiger partial charge in [0.15, 0.2) is 22.5 Å². The van der Waals surface area contributed by atoms with Gasteiger partial charge >= 0.3 is 5.24 Å². The predicted molar refractivity (Wildman–Crippen MR) is 99.6 cm³/mol. The van der Waals surface area contributed by atoms with E-state index in [1.807, 2.05) is 30.3 Å². The maximum Gasteiger partial charge on any atom is 0.305 e. The molecule has 0 aliphatic rings. The van der Waals surface area contributed by atoms with Gasteiger partial charge in [0, 0.05) is 6.54 Å². The molecule has 0 radical (unpaired) electrons. The number of rotatable bonds is 5. The van der Waals surface area contributed by atoms with Crippen molar-refractivity contribution < 1.29 is 9.59 Å². The molecule has 0 saturated heterocycles. The lowest BCUT2D eigenvalue weighted by molar-refractivity contribution is 0.0771. The van der Waals surface area contributed by atoms with Crippen LogP contribution in [0.1, 0.15) is 16.1 Å². The molecule has 0 aliphatic heterocycles. The molecular weight excluding hydrogens is 364 g/mol. The lowest BCUT2D eigenvalue weighted by Crippen LogP contribution is -2.32. The van der Waals surface area contributed by atoms with Crippen LogP contribution in [0.5, 0.6) is 0 Å². The van der Waals surface area contributed by atoms with Gasteiger partial charge in [0.05, 0.1) is 5.88 Å². The average Bonchev–Trinajstić information content (AvgIpc) is 2.61. The Bertz CT molecular complexity index is 802. The molecular formula is C15H15ClN6O2S. The second kappa shape index (κ2) is 8.45. The molecule has 130 valence electrons. The van der Waals surface area contributed by atoms with Gasteiger partial charge in [-0.3, -0.25) is 9.59 Å². The summed E-state index contributed by atoms with van der Waals surface area (Å²) in [6, 6.07) is 9.25. The number of aromatic nitrogens is 2. The van der Waals surface area contributed by atoms with E-state index in [9.17, 15) is 9.59 Å². The number of nitrogens with two attached hydrogens (primary N) is 2. The first-order chi connectivity index (χ1) is 11.9. The first kappa shape index (κ1) is 18.7. The summed E-state index contributed by atoms with van der Waals surface area (Å²) in [4.78, 5) is 36.6. The number of nitrogen functional groups attached to an aromatic ring is 2. The number of aliphatic imine (C=N–C) groups is 1. The summed E-state index contributed by atoms with van der Waals surface area (Å²) in [7, 11) is 0. The Hall–Kier alpha value is -2.65. The smallest absolute Gasteiger partial charge is 0.305 e. The molecule has 0 bridgehead atoms. The van der Waals surface area contributed by atoms with E-state index >= 15 is 0 Å². The first-order valence-electron chi connectivity index (χ1n) is 6.97. The van der Waals surface area contributed by atoms with E-state index in [-0.39, 0.29) is 34.9 Å². The Labute approximate surface area is 153 Å². The van der Waals surface area contributed by atoms with Crippen LogP contribution in [-0.2, 0) is 6.54 Å². The molecule has 1 aromatic heterocycles. The summed E-state index contributed by atoms with van der Waals surface area (Å²) < 4.78 is 0. The largest absolute Gasteiger partial charge is 0.382 e. The van der Waals surface area contributed by atoms with E-state index < -0.39 is 11.1 Å². The van der Waals surface area contributed by atoms with Crippen LogP contribution in [-0.4, -0.2) is 38.6 Å². The number of hydrogen-bond donors (Lipinski definition) is 2. The van der Waals surface area contributed by atoms with Crippen molar-refractivity contribution in [2.75, 3.05) is 17.3 Å². The van der Waals surface area contributed by atoms with Crippen molar-refractivity contribution in [3.63, 3.8) is 0 Å². The van der Waals surface area contributed by atoms with Crippen molar-refractivity contribution in [3.05, 3.63) is 46.7 Å². The summed E-state index contributed by atoms with van der Waals surface area (Å²) in [6.07, 6.45) is 0. The Morgan fingerprint density at radius 1 is 1.20 bits per heavy atom. The van der Waals surface area contributed by atoms with Crippen LogP contribution in [0.3, 0.4) is 0 Å². The van der Waals surface area contributed by atoms with Crippen LogP contribution in [0.4, 0.5) is 16.4 Å². The van der Waals surface area contributed by atoms with Crippen molar-refractivity contribution in [3.8, 4) is 0 Å². The number of anilines is 2. The minimum absolute atomic E-state index is 0.0364. The third kappa shape index (κ3) is 4.91. The van der Waals surface area contributed by atoms with E-state index in [0.717, 1.165) is 17.3 Å². The Morgan fingerprint density at radius 2 is 1.88 bits per heavy atom. The number of benzene rings is 1. The van der Waals surface area contributed by atoms with Crippen molar-refractivity contribution >= 4 is 52.9 Å². The number of halogens is 1. The molecule has 0 fully saturated rings. The summed E-state index contributed by atoms with van der Waals surface area (Å²) in [6.45, 7) is 3.40. The quantitative estimate of drug-likeness (QED) is 0.604. The molecule has 0 unspecified atom stereocenters. The lowest BCUT2D eigenvalue weighted by atomic mass is 10.2. The molecule has 8 nitrogen and oxygen atoms in total. The lowest BCUT2D eigenvalue weighted by Gasteiger charge is -2.22. The Morgan fingerprint density at radius 3 is 2.52 bits per heavy atom. The van der Waals surface area contributed by atoms with Gasteiger partial charge in [-0.05, 0) is 24.0 Å². The van der Waals surface area contributed by atoms with E-state index in [0.29, 0.717) is 0 Å². The molecule has 10 heteroatoms. The average molecular weight is 379 g/mol. The molecule has 2 rings (SSSR count). The highest BCUT2D eigenvalue weighted by Crippen LogP contribution is 2.21. The highest BCUT2D eigenvalue weighted by molar-refractivity contribution is 8.13. The third-order valence-corrected chi connectivity index (χ3v) is 4.18. The van der Waals surface area contributed by atoms with E-state index in [2.05, 4.69) is 21.7 Å². The molecule has 0 atom stereocenters. The number of amides is 2. The predicted octanol–water partition coefficient (Wildman–Crippen LogP) is 2.45. The summed E-state index contributed by atoms with van der Waals surface area (Å²) in [5.41, 5.74) is 12.0. The molecule has 0 saturated carbocycles. The van der Waals surface area contributed by atoms with Crippen molar-refractivity contribution in [1.82, 2.24) is 14.9 Å². The van der Waals surface area contributed by atoms with Crippen LogP contribution < -0.4 is 11.5 Å².